The molecule has 4 aliphatic rings. The van der Waals surface area contributed by atoms with E-state index in [9.17, 15) is 18.0 Å². The van der Waals surface area contributed by atoms with Gasteiger partial charge in [0.25, 0.3) is 10.0 Å². The van der Waals surface area contributed by atoms with Gasteiger partial charge >= 0.3 is 0 Å². The van der Waals surface area contributed by atoms with E-state index in [0.717, 1.165) is 26.2 Å². The molecule has 1 aromatic rings. The third kappa shape index (κ3) is 4.16. The molecule has 5 rings (SSSR count). The fourth-order valence-corrected chi connectivity index (χ4v) is 6.95. The molecular formula is C20H25N3O4S2. The van der Waals surface area contributed by atoms with Crippen LogP contribution in [-0.2, 0) is 19.6 Å². The normalized spacial score (nSPS) is 29.9. The van der Waals surface area contributed by atoms with Crippen molar-refractivity contribution in [2.45, 2.75) is 50.3 Å². The van der Waals surface area contributed by atoms with E-state index in [0.29, 0.717) is 23.4 Å². The standard InChI is InChI=1S/C20H25N3O4S2/c1-12(24)23-29(26,27)17-4-2-16(3-5-17)21-19(28)22-18(25)20-9-13-6-14(10-20)8-15(7-13)11-20/h2-5,13-15H,6-11H2,1H3,(H,23,24)(H2,21,22,25,28). The van der Waals surface area contributed by atoms with E-state index in [2.05, 4.69) is 10.6 Å². The van der Waals surface area contributed by atoms with Crippen molar-refractivity contribution >= 4 is 44.9 Å². The van der Waals surface area contributed by atoms with Crippen LogP contribution in [0.4, 0.5) is 5.69 Å². The molecule has 0 unspecified atom stereocenters. The van der Waals surface area contributed by atoms with Gasteiger partial charge in [0.05, 0.1) is 10.3 Å². The minimum atomic E-state index is -3.88. The molecule has 0 radical (unpaired) electrons. The van der Waals surface area contributed by atoms with Crippen molar-refractivity contribution in [1.82, 2.24) is 10.0 Å². The summed E-state index contributed by atoms with van der Waals surface area (Å²) in [5.74, 6) is 1.38. The summed E-state index contributed by atoms with van der Waals surface area (Å²) in [6, 6.07) is 5.82. The summed E-state index contributed by atoms with van der Waals surface area (Å²) in [6.45, 7) is 1.14. The van der Waals surface area contributed by atoms with E-state index in [1.807, 2.05) is 4.72 Å². The Morgan fingerprint density at radius 3 is 2.00 bits per heavy atom. The van der Waals surface area contributed by atoms with Crippen LogP contribution >= 0.6 is 12.2 Å². The molecule has 0 saturated heterocycles. The number of sulfonamides is 1. The number of hydrogen-bond acceptors (Lipinski definition) is 5. The van der Waals surface area contributed by atoms with Crippen LogP contribution in [0.15, 0.2) is 29.2 Å². The molecule has 9 heteroatoms. The van der Waals surface area contributed by atoms with E-state index in [-0.39, 0.29) is 21.3 Å². The molecule has 4 aliphatic carbocycles. The maximum Gasteiger partial charge on any atom is 0.264 e. The van der Waals surface area contributed by atoms with Crippen LogP contribution in [-0.4, -0.2) is 25.3 Å². The summed E-state index contributed by atoms with van der Waals surface area (Å²) in [6.07, 6.45) is 6.68. The lowest BCUT2D eigenvalue weighted by Gasteiger charge is -2.55. The summed E-state index contributed by atoms with van der Waals surface area (Å²) in [5.41, 5.74) is 0.277. The van der Waals surface area contributed by atoms with E-state index < -0.39 is 15.9 Å². The number of benzene rings is 1. The van der Waals surface area contributed by atoms with Crippen molar-refractivity contribution in [2.24, 2.45) is 23.2 Å². The predicted molar refractivity (Wildman–Crippen MR) is 112 cm³/mol. The van der Waals surface area contributed by atoms with Crippen LogP contribution in [0.5, 0.6) is 0 Å². The van der Waals surface area contributed by atoms with Gasteiger partial charge in [0.15, 0.2) is 5.11 Å². The fourth-order valence-electron chi connectivity index (χ4n) is 5.75. The Balaban J connectivity index is 1.38. The average Bonchev–Trinajstić information content (AvgIpc) is 2.59. The number of carbonyl (C=O) groups is 2. The third-order valence-electron chi connectivity index (χ3n) is 6.45. The fraction of sp³-hybridized carbons (Fsp3) is 0.550. The van der Waals surface area contributed by atoms with E-state index >= 15 is 0 Å². The van der Waals surface area contributed by atoms with Crippen LogP contribution in [0.25, 0.3) is 0 Å². The number of anilines is 1. The molecule has 3 N–H and O–H groups in total. The van der Waals surface area contributed by atoms with Gasteiger partial charge in [-0.25, -0.2) is 13.1 Å². The molecule has 0 spiro atoms. The molecule has 2 amide bonds. The maximum absolute atomic E-state index is 13.0. The quantitative estimate of drug-likeness (QED) is 0.628. The molecule has 7 nitrogen and oxygen atoms in total. The van der Waals surface area contributed by atoms with Gasteiger partial charge in [0.1, 0.15) is 0 Å². The monoisotopic (exact) mass is 435 g/mol. The first-order chi connectivity index (χ1) is 13.6. The van der Waals surface area contributed by atoms with Gasteiger partial charge in [-0.3, -0.25) is 9.59 Å². The summed E-state index contributed by atoms with van der Waals surface area (Å²) in [4.78, 5) is 24.0. The second-order valence-corrected chi connectivity index (χ2v) is 10.9. The average molecular weight is 436 g/mol. The number of amides is 2. The number of hydrogen-bond donors (Lipinski definition) is 3. The minimum absolute atomic E-state index is 0.0129. The van der Waals surface area contributed by atoms with Crippen LogP contribution < -0.4 is 15.4 Å². The van der Waals surface area contributed by atoms with Crippen molar-refractivity contribution in [3.63, 3.8) is 0 Å². The Morgan fingerprint density at radius 2 is 1.52 bits per heavy atom. The van der Waals surface area contributed by atoms with Gasteiger partial charge in [-0.2, -0.15) is 0 Å². The summed E-state index contributed by atoms with van der Waals surface area (Å²) < 4.78 is 25.9. The molecule has 4 bridgehead atoms. The van der Waals surface area contributed by atoms with Gasteiger partial charge < -0.3 is 10.6 Å². The Morgan fingerprint density at radius 1 is 1.00 bits per heavy atom. The molecule has 0 aromatic heterocycles. The molecule has 1 aromatic carbocycles. The minimum Gasteiger partial charge on any atom is -0.332 e. The number of nitrogens with one attached hydrogen (secondary N) is 3. The zero-order valence-electron chi connectivity index (χ0n) is 16.2. The Bertz CT molecular complexity index is 921. The lowest BCUT2D eigenvalue weighted by molar-refractivity contribution is -0.144. The van der Waals surface area contributed by atoms with Gasteiger partial charge in [0.2, 0.25) is 11.8 Å². The molecule has 4 saturated carbocycles. The highest BCUT2D eigenvalue weighted by atomic mass is 32.2. The molecule has 156 valence electrons. The lowest BCUT2D eigenvalue weighted by atomic mass is 9.49. The first kappa shape index (κ1) is 20.3. The summed E-state index contributed by atoms with van der Waals surface area (Å²) in [7, 11) is -3.88. The number of carbonyl (C=O) groups excluding carboxylic acids is 2. The van der Waals surface area contributed by atoms with Crippen LogP contribution in [0, 0.1) is 23.2 Å². The van der Waals surface area contributed by atoms with E-state index in [4.69, 9.17) is 12.2 Å². The molecular weight excluding hydrogens is 410 g/mol. The smallest absolute Gasteiger partial charge is 0.264 e. The zero-order chi connectivity index (χ0) is 20.8. The molecule has 0 atom stereocenters. The SMILES string of the molecule is CC(=O)NS(=O)(=O)c1ccc(NC(=S)NC(=O)C23CC4CC(CC(C4)C2)C3)cc1. The van der Waals surface area contributed by atoms with E-state index in [1.54, 1.807) is 0 Å². The van der Waals surface area contributed by atoms with Crippen molar-refractivity contribution < 1.29 is 18.0 Å². The van der Waals surface area contributed by atoms with Gasteiger partial charge in [-0.1, -0.05) is 0 Å². The third-order valence-corrected chi connectivity index (χ3v) is 8.10. The first-order valence-corrected chi connectivity index (χ1v) is 11.8. The van der Waals surface area contributed by atoms with Gasteiger partial charge in [-0.15, -0.1) is 0 Å². The second kappa shape index (κ2) is 7.36. The van der Waals surface area contributed by atoms with Crippen LogP contribution in [0.1, 0.15) is 45.4 Å². The van der Waals surface area contributed by atoms with E-state index in [1.165, 1.54) is 43.5 Å². The largest absolute Gasteiger partial charge is 0.332 e. The topological polar surface area (TPSA) is 104 Å². The Labute approximate surface area is 176 Å². The zero-order valence-corrected chi connectivity index (χ0v) is 17.9. The highest BCUT2D eigenvalue weighted by molar-refractivity contribution is 7.90. The van der Waals surface area contributed by atoms with Crippen molar-refractivity contribution in [1.29, 1.82) is 0 Å². The van der Waals surface area contributed by atoms with Crippen LogP contribution in [0.3, 0.4) is 0 Å². The molecule has 0 heterocycles. The number of rotatable bonds is 4. The first-order valence-electron chi connectivity index (χ1n) is 9.91. The maximum atomic E-state index is 13.0. The van der Waals surface area contributed by atoms with Gasteiger partial charge in [-0.05, 0) is 92.8 Å². The summed E-state index contributed by atoms with van der Waals surface area (Å²) in [5, 5.41) is 6.02. The number of thiocarbonyl (C=S) groups is 1. The van der Waals surface area contributed by atoms with Crippen molar-refractivity contribution in [3.8, 4) is 0 Å². The lowest BCUT2D eigenvalue weighted by Crippen LogP contribution is -2.55. The molecule has 29 heavy (non-hydrogen) atoms. The van der Waals surface area contributed by atoms with Gasteiger partial charge in [0, 0.05) is 12.6 Å². The Kier molecular flexibility index (Phi) is 5.14. The van der Waals surface area contributed by atoms with Crippen molar-refractivity contribution in [3.05, 3.63) is 24.3 Å². The highest BCUT2D eigenvalue weighted by Gasteiger charge is 2.54. The summed E-state index contributed by atoms with van der Waals surface area (Å²) >= 11 is 5.31. The second-order valence-electron chi connectivity index (χ2n) is 8.79. The van der Waals surface area contributed by atoms with Crippen LogP contribution in [0.2, 0.25) is 0 Å². The molecule has 4 fully saturated rings. The van der Waals surface area contributed by atoms with Crippen molar-refractivity contribution in [2.75, 3.05) is 5.32 Å². The Hall–Kier alpha value is -2.00. The highest BCUT2D eigenvalue weighted by Crippen LogP contribution is 2.60. The molecule has 0 aliphatic heterocycles. The predicted octanol–water partition coefficient (Wildman–Crippen LogP) is 2.54.